The molecule has 2 nitrogen and oxygen atoms in total. The van der Waals surface area contributed by atoms with Gasteiger partial charge in [0.1, 0.15) is 0 Å². The minimum atomic E-state index is -4.21. The average Bonchev–Trinajstić information content (AvgIpc) is 3.24. The van der Waals surface area contributed by atoms with Crippen molar-refractivity contribution in [3.63, 3.8) is 0 Å². The zero-order valence-electron chi connectivity index (χ0n) is 11.8. The van der Waals surface area contributed by atoms with Crippen molar-refractivity contribution in [1.82, 2.24) is 4.90 Å². The maximum absolute atomic E-state index is 12.9. The van der Waals surface area contributed by atoms with Gasteiger partial charge in [-0.25, -0.2) is 0 Å². The quantitative estimate of drug-likeness (QED) is 0.864. The number of aliphatic hydroxyl groups is 1. The third-order valence-electron chi connectivity index (χ3n) is 4.49. The molecule has 1 saturated carbocycles. The van der Waals surface area contributed by atoms with Crippen molar-refractivity contribution < 1.29 is 18.3 Å². The molecule has 1 aromatic rings. The van der Waals surface area contributed by atoms with Crippen LogP contribution >= 0.6 is 0 Å². The highest BCUT2D eigenvalue weighted by molar-refractivity contribution is 5.31. The van der Waals surface area contributed by atoms with Crippen LogP contribution in [-0.2, 0) is 6.42 Å². The molecule has 0 aliphatic heterocycles. The number of nitrogens with zero attached hydrogens (tertiary/aromatic N) is 1. The Morgan fingerprint density at radius 2 is 1.86 bits per heavy atom. The van der Waals surface area contributed by atoms with E-state index in [0.29, 0.717) is 6.42 Å². The molecule has 0 radical (unpaired) electrons. The molecule has 21 heavy (non-hydrogen) atoms. The Labute approximate surface area is 122 Å². The zero-order valence-corrected chi connectivity index (χ0v) is 11.8. The Hall–Kier alpha value is -1.07. The molecule has 1 N–H and O–H groups in total. The number of halogens is 3. The molecule has 2 unspecified atom stereocenters. The minimum Gasteiger partial charge on any atom is -0.387 e. The molecular formula is C16H20F3NO. The van der Waals surface area contributed by atoms with Gasteiger partial charge in [0.2, 0.25) is 0 Å². The summed E-state index contributed by atoms with van der Waals surface area (Å²) in [6.07, 6.45) is -1.17. The number of fused-ring (bicyclic) bond motifs is 1. The van der Waals surface area contributed by atoms with Gasteiger partial charge in [-0.2, -0.15) is 13.2 Å². The summed E-state index contributed by atoms with van der Waals surface area (Å²) in [6.45, 7) is -0.915. The van der Waals surface area contributed by atoms with Crippen molar-refractivity contribution in [2.45, 2.75) is 56.5 Å². The summed E-state index contributed by atoms with van der Waals surface area (Å²) in [7, 11) is 0. The molecule has 0 bridgehead atoms. The number of hydrogen-bond acceptors (Lipinski definition) is 2. The molecule has 2 aliphatic carbocycles. The molecule has 0 spiro atoms. The van der Waals surface area contributed by atoms with Gasteiger partial charge >= 0.3 is 6.18 Å². The Bertz CT molecular complexity index is 499. The summed E-state index contributed by atoms with van der Waals surface area (Å²) in [6, 6.07) is 7.12. The predicted octanol–water partition coefficient (Wildman–Crippen LogP) is 3.45. The predicted molar refractivity (Wildman–Crippen MR) is 73.9 cm³/mol. The molecule has 116 valence electrons. The second-order valence-corrected chi connectivity index (χ2v) is 6.12. The average molecular weight is 299 g/mol. The number of aliphatic hydroxyl groups excluding tert-OH is 1. The summed E-state index contributed by atoms with van der Waals surface area (Å²) < 4.78 is 38.6. The van der Waals surface area contributed by atoms with E-state index < -0.39 is 24.9 Å². The molecular weight excluding hydrogens is 279 g/mol. The number of benzene rings is 1. The van der Waals surface area contributed by atoms with E-state index in [1.807, 2.05) is 24.3 Å². The van der Waals surface area contributed by atoms with E-state index in [4.69, 9.17) is 0 Å². The van der Waals surface area contributed by atoms with Crippen LogP contribution in [-0.4, -0.2) is 34.8 Å². The van der Waals surface area contributed by atoms with Crippen LogP contribution in [0.2, 0.25) is 0 Å². The van der Waals surface area contributed by atoms with Crippen molar-refractivity contribution in [2.24, 2.45) is 0 Å². The van der Waals surface area contributed by atoms with Gasteiger partial charge < -0.3 is 5.11 Å². The van der Waals surface area contributed by atoms with Crippen molar-refractivity contribution in [2.75, 3.05) is 6.54 Å². The lowest BCUT2D eigenvalue weighted by molar-refractivity contribution is -0.158. The van der Waals surface area contributed by atoms with Crippen LogP contribution in [0.5, 0.6) is 0 Å². The molecule has 1 fully saturated rings. The van der Waals surface area contributed by atoms with E-state index in [1.165, 1.54) is 4.90 Å². The molecule has 0 amide bonds. The Kier molecular flexibility index (Phi) is 3.97. The molecule has 0 heterocycles. The van der Waals surface area contributed by atoms with Gasteiger partial charge in [0.15, 0.2) is 0 Å². The first-order valence-corrected chi connectivity index (χ1v) is 7.54. The van der Waals surface area contributed by atoms with Crippen LogP contribution in [0.15, 0.2) is 24.3 Å². The highest BCUT2D eigenvalue weighted by atomic mass is 19.4. The smallest absolute Gasteiger partial charge is 0.387 e. The maximum Gasteiger partial charge on any atom is 0.401 e. The van der Waals surface area contributed by atoms with Gasteiger partial charge in [-0.3, -0.25) is 4.90 Å². The van der Waals surface area contributed by atoms with Crippen molar-refractivity contribution >= 4 is 0 Å². The van der Waals surface area contributed by atoms with E-state index in [-0.39, 0.29) is 6.04 Å². The lowest BCUT2D eigenvalue weighted by Gasteiger charge is -2.35. The Morgan fingerprint density at radius 3 is 2.52 bits per heavy atom. The highest BCUT2D eigenvalue weighted by Crippen LogP contribution is 2.39. The Balaban J connectivity index is 1.86. The van der Waals surface area contributed by atoms with Crippen LogP contribution in [0.25, 0.3) is 0 Å². The van der Waals surface area contributed by atoms with Crippen molar-refractivity contribution in [3.05, 3.63) is 35.4 Å². The molecule has 0 saturated heterocycles. The van der Waals surface area contributed by atoms with Crippen LogP contribution < -0.4 is 0 Å². The number of aryl methyl sites for hydroxylation is 1. The zero-order chi connectivity index (χ0) is 15.0. The molecule has 0 aromatic heterocycles. The van der Waals surface area contributed by atoms with Gasteiger partial charge in [0.25, 0.3) is 0 Å². The van der Waals surface area contributed by atoms with E-state index in [0.717, 1.165) is 36.8 Å². The number of rotatable bonds is 3. The first kappa shape index (κ1) is 14.9. The molecule has 5 heteroatoms. The molecule has 2 aliphatic rings. The third-order valence-corrected chi connectivity index (χ3v) is 4.49. The summed E-state index contributed by atoms with van der Waals surface area (Å²) >= 11 is 0. The fraction of sp³-hybridized carbons (Fsp3) is 0.625. The minimum absolute atomic E-state index is 0.0171. The van der Waals surface area contributed by atoms with Gasteiger partial charge in [-0.1, -0.05) is 24.3 Å². The maximum atomic E-state index is 12.9. The fourth-order valence-electron chi connectivity index (χ4n) is 3.39. The van der Waals surface area contributed by atoms with Gasteiger partial charge in [0.05, 0.1) is 12.6 Å². The SMILES string of the molecule is OC1c2ccccc2CCCC1N(CC(F)(F)F)C1CC1. The van der Waals surface area contributed by atoms with Crippen LogP contribution in [0, 0.1) is 0 Å². The van der Waals surface area contributed by atoms with Crippen molar-refractivity contribution in [3.8, 4) is 0 Å². The summed E-state index contributed by atoms with van der Waals surface area (Å²) in [5.74, 6) is 0. The second kappa shape index (κ2) is 5.61. The second-order valence-electron chi connectivity index (χ2n) is 6.12. The van der Waals surface area contributed by atoms with Crippen LogP contribution in [0.1, 0.15) is 42.9 Å². The van der Waals surface area contributed by atoms with Crippen molar-refractivity contribution in [1.29, 1.82) is 0 Å². The van der Waals surface area contributed by atoms with E-state index in [9.17, 15) is 18.3 Å². The number of alkyl halides is 3. The lowest BCUT2D eigenvalue weighted by atomic mass is 9.97. The third kappa shape index (κ3) is 3.40. The monoisotopic (exact) mass is 299 g/mol. The summed E-state index contributed by atoms with van der Waals surface area (Å²) in [5, 5.41) is 10.6. The first-order chi connectivity index (χ1) is 9.96. The normalized spacial score (nSPS) is 26.5. The molecule has 2 atom stereocenters. The first-order valence-electron chi connectivity index (χ1n) is 7.54. The topological polar surface area (TPSA) is 23.5 Å². The van der Waals surface area contributed by atoms with Gasteiger partial charge in [-0.15, -0.1) is 0 Å². The van der Waals surface area contributed by atoms with Gasteiger partial charge in [-0.05, 0) is 43.2 Å². The van der Waals surface area contributed by atoms with E-state index in [2.05, 4.69) is 0 Å². The number of hydrogen-bond donors (Lipinski definition) is 1. The van der Waals surface area contributed by atoms with Crippen LogP contribution in [0.3, 0.4) is 0 Å². The summed E-state index contributed by atoms with van der Waals surface area (Å²) in [4.78, 5) is 1.49. The standard InChI is InChI=1S/C16H20F3NO/c17-16(18,19)10-20(12-8-9-12)14-7-3-5-11-4-1-2-6-13(11)15(14)21/h1-2,4,6,12,14-15,21H,3,5,7-10H2. The molecule has 1 aromatic carbocycles. The van der Waals surface area contributed by atoms with E-state index in [1.54, 1.807) is 0 Å². The Morgan fingerprint density at radius 1 is 1.14 bits per heavy atom. The summed E-state index contributed by atoms with van der Waals surface area (Å²) in [5.41, 5.74) is 1.86. The molecule has 3 rings (SSSR count). The lowest BCUT2D eigenvalue weighted by Crippen LogP contribution is -2.46. The van der Waals surface area contributed by atoms with Crippen LogP contribution in [0.4, 0.5) is 13.2 Å². The van der Waals surface area contributed by atoms with E-state index >= 15 is 0 Å². The van der Waals surface area contributed by atoms with Gasteiger partial charge in [0, 0.05) is 12.1 Å². The largest absolute Gasteiger partial charge is 0.401 e. The fourth-order valence-corrected chi connectivity index (χ4v) is 3.39. The highest BCUT2D eigenvalue weighted by Gasteiger charge is 2.44.